The number of amides is 1. The van der Waals surface area contributed by atoms with Crippen LogP contribution in [0.1, 0.15) is 35.0 Å². The SMILES string of the molecule is O=C(c1ccc(F)c(F)c1)N1CCC[C@@H](c2nnc(-c3ccc4c(c3)OCO4)o2)C1. The Hall–Kier alpha value is -3.49. The number of rotatable bonds is 3. The van der Waals surface area contributed by atoms with Crippen molar-refractivity contribution in [1.29, 1.82) is 0 Å². The molecule has 1 saturated heterocycles. The van der Waals surface area contributed by atoms with Crippen LogP contribution in [0.4, 0.5) is 8.78 Å². The Morgan fingerprint density at radius 2 is 1.90 bits per heavy atom. The van der Waals surface area contributed by atoms with E-state index in [2.05, 4.69) is 10.2 Å². The number of nitrogens with zero attached hydrogens (tertiary/aromatic N) is 3. The van der Waals surface area contributed by atoms with Crippen LogP contribution < -0.4 is 9.47 Å². The lowest BCUT2D eigenvalue weighted by Crippen LogP contribution is -2.39. The zero-order valence-electron chi connectivity index (χ0n) is 15.8. The summed E-state index contributed by atoms with van der Waals surface area (Å²) < 4.78 is 43.2. The first-order valence-electron chi connectivity index (χ1n) is 9.56. The molecule has 3 heterocycles. The van der Waals surface area contributed by atoms with Crippen molar-refractivity contribution < 1.29 is 27.5 Å². The van der Waals surface area contributed by atoms with E-state index in [1.165, 1.54) is 6.07 Å². The lowest BCUT2D eigenvalue weighted by molar-refractivity contribution is 0.0698. The van der Waals surface area contributed by atoms with Crippen molar-refractivity contribution in [2.75, 3.05) is 19.9 Å². The highest BCUT2D eigenvalue weighted by Crippen LogP contribution is 2.36. The van der Waals surface area contributed by atoms with Gasteiger partial charge >= 0.3 is 0 Å². The molecule has 1 aromatic heterocycles. The van der Waals surface area contributed by atoms with Gasteiger partial charge in [0, 0.05) is 24.2 Å². The fourth-order valence-corrected chi connectivity index (χ4v) is 3.72. The molecule has 2 aliphatic heterocycles. The molecule has 1 fully saturated rings. The summed E-state index contributed by atoms with van der Waals surface area (Å²) in [5, 5.41) is 8.29. The Morgan fingerprint density at radius 3 is 2.77 bits per heavy atom. The summed E-state index contributed by atoms with van der Waals surface area (Å²) in [5.41, 5.74) is 0.824. The smallest absolute Gasteiger partial charge is 0.253 e. The van der Waals surface area contributed by atoms with Gasteiger partial charge in [0.25, 0.3) is 5.91 Å². The number of carbonyl (C=O) groups excluding carboxylic acids is 1. The number of carbonyl (C=O) groups is 1. The summed E-state index contributed by atoms with van der Waals surface area (Å²) >= 11 is 0. The molecule has 0 aliphatic carbocycles. The van der Waals surface area contributed by atoms with Crippen molar-refractivity contribution >= 4 is 5.91 Å². The molecule has 30 heavy (non-hydrogen) atoms. The van der Waals surface area contributed by atoms with Gasteiger partial charge in [0.2, 0.25) is 18.6 Å². The van der Waals surface area contributed by atoms with Crippen molar-refractivity contribution in [2.24, 2.45) is 0 Å². The molecule has 9 heteroatoms. The average molecular weight is 413 g/mol. The minimum Gasteiger partial charge on any atom is -0.454 e. The van der Waals surface area contributed by atoms with E-state index in [1.54, 1.807) is 17.0 Å². The Morgan fingerprint density at radius 1 is 1.03 bits per heavy atom. The summed E-state index contributed by atoms with van der Waals surface area (Å²) in [6.45, 7) is 1.07. The number of hydrogen-bond acceptors (Lipinski definition) is 6. The number of piperidine rings is 1. The highest BCUT2D eigenvalue weighted by atomic mass is 19.2. The first kappa shape index (κ1) is 18.5. The third kappa shape index (κ3) is 3.36. The summed E-state index contributed by atoms with van der Waals surface area (Å²) in [6, 6.07) is 8.54. The molecule has 5 rings (SSSR count). The van der Waals surface area contributed by atoms with Crippen LogP contribution in [0.3, 0.4) is 0 Å². The molecule has 2 aliphatic rings. The molecular formula is C21H17F2N3O4. The molecule has 154 valence electrons. The molecule has 7 nitrogen and oxygen atoms in total. The summed E-state index contributed by atoms with van der Waals surface area (Å²) in [6.07, 6.45) is 1.52. The number of benzene rings is 2. The topological polar surface area (TPSA) is 77.7 Å². The van der Waals surface area contributed by atoms with Gasteiger partial charge in [0.05, 0.1) is 5.92 Å². The van der Waals surface area contributed by atoms with Crippen LogP contribution in [0.5, 0.6) is 11.5 Å². The van der Waals surface area contributed by atoms with Gasteiger partial charge in [-0.05, 0) is 49.2 Å². The van der Waals surface area contributed by atoms with Crippen molar-refractivity contribution in [3.63, 3.8) is 0 Å². The maximum atomic E-state index is 13.5. The molecule has 2 aromatic carbocycles. The van der Waals surface area contributed by atoms with E-state index in [4.69, 9.17) is 13.9 Å². The Balaban J connectivity index is 1.33. The van der Waals surface area contributed by atoms with Gasteiger partial charge in [-0.2, -0.15) is 0 Å². The second kappa shape index (κ2) is 7.40. The normalized spacial score (nSPS) is 17.9. The largest absolute Gasteiger partial charge is 0.454 e. The van der Waals surface area contributed by atoms with E-state index in [0.717, 1.165) is 25.0 Å². The van der Waals surface area contributed by atoms with Crippen LogP contribution >= 0.6 is 0 Å². The second-order valence-corrected chi connectivity index (χ2v) is 7.23. The van der Waals surface area contributed by atoms with E-state index in [1.807, 2.05) is 6.07 Å². The number of aromatic nitrogens is 2. The Labute approximate surface area is 170 Å². The minimum atomic E-state index is -1.04. The van der Waals surface area contributed by atoms with Crippen LogP contribution in [0.15, 0.2) is 40.8 Å². The number of hydrogen-bond donors (Lipinski definition) is 0. The van der Waals surface area contributed by atoms with Gasteiger partial charge in [-0.1, -0.05) is 0 Å². The molecule has 3 aromatic rings. The summed E-state index contributed by atoms with van der Waals surface area (Å²) in [4.78, 5) is 14.3. The zero-order valence-corrected chi connectivity index (χ0v) is 15.8. The van der Waals surface area contributed by atoms with Gasteiger partial charge in [-0.3, -0.25) is 4.79 Å². The predicted octanol–water partition coefficient (Wildman–Crippen LogP) is 3.76. The molecule has 0 bridgehead atoms. The number of likely N-dealkylation sites (tertiary alicyclic amines) is 1. The van der Waals surface area contributed by atoms with Crippen LogP contribution in [-0.2, 0) is 0 Å². The quantitative estimate of drug-likeness (QED) is 0.651. The van der Waals surface area contributed by atoms with Gasteiger partial charge in [-0.25, -0.2) is 8.78 Å². The fourth-order valence-electron chi connectivity index (χ4n) is 3.72. The maximum absolute atomic E-state index is 13.5. The van der Waals surface area contributed by atoms with Gasteiger partial charge in [0.1, 0.15) is 0 Å². The van der Waals surface area contributed by atoms with Crippen LogP contribution in [0, 0.1) is 11.6 Å². The first-order valence-corrected chi connectivity index (χ1v) is 9.56. The monoisotopic (exact) mass is 413 g/mol. The van der Waals surface area contributed by atoms with Crippen molar-refractivity contribution in [1.82, 2.24) is 15.1 Å². The Bertz CT molecular complexity index is 1120. The van der Waals surface area contributed by atoms with E-state index < -0.39 is 11.6 Å². The predicted molar refractivity (Wildman–Crippen MR) is 100 cm³/mol. The van der Waals surface area contributed by atoms with Gasteiger partial charge in [-0.15, -0.1) is 10.2 Å². The molecule has 0 saturated carbocycles. The van der Waals surface area contributed by atoms with Crippen molar-refractivity contribution in [3.05, 3.63) is 59.5 Å². The highest BCUT2D eigenvalue weighted by molar-refractivity contribution is 5.94. The van der Waals surface area contributed by atoms with E-state index >= 15 is 0 Å². The van der Waals surface area contributed by atoms with E-state index in [9.17, 15) is 13.6 Å². The molecule has 1 atom stereocenters. The van der Waals surface area contributed by atoms with Gasteiger partial charge < -0.3 is 18.8 Å². The molecular weight excluding hydrogens is 396 g/mol. The molecule has 0 unspecified atom stereocenters. The lowest BCUT2D eigenvalue weighted by Gasteiger charge is -2.31. The number of halogens is 2. The maximum Gasteiger partial charge on any atom is 0.253 e. The average Bonchev–Trinajstić information content (AvgIpc) is 3.44. The molecule has 1 amide bonds. The lowest BCUT2D eigenvalue weighted by atomic mass is 9.97. The van der Waals surface area contributed by atoms with Crippen LogP contribution in [-0.4, -0.2) is 40.9 Å². The van der Waals surface area contributed by atoms with Crippen LogP contribution in [0.2, 0.25) is 0 Å². The number of fused-ring (bicyclic) bond motifs is 1. The second-order valence-electron chi connectivity index (χ2n) is 7.23. The molecule has 0 N–H and O–H groups in total. The summed E-state index contributed by atoms with van der Waals surface area (Å²) in [7, 11) is 0. The molecule has 0 radical (unpaired) electrons. The molecule has 0 spiro atoms. The number of ether oxygens (including phenoxy) is 2. The van der Waals surface area contributed by atoms with Gasteiger partial charge in [0.15, 0.2) is 23.1 Å². The highest BCUT2D eigenvalue weighted by Gasteiger charge is 2.29. The fraction of sp³-hybridized carbons (Fsp3) is 0.286. The van der Waals surface area contributed by atoms with Crippen molar-refractivity contribution in [2.45, 2.75) is 18.8 Å². The first-order chi connectivity index (χ1) is 14.6. The zero-order chi connectivity index (χ0) is 20.7. The standard InChI is InChI=1S/C21H17F2N3O4/c22-15-5-3-13(8-16(15)23)21(27)26-7-1-2-14(10-26)20-25-24-19(30-20)12-4-6-17-18(9-12)29-11-28-17/h3-6,8-9,14H,1-2,7,10-11H2/t14-/m1/s1. The Kier molecular flexibility index (Phi) is 4.57. The minimum absolute atomic E-state index is 0.112. The van der Waals surface area contributed by atoms with Crippen LogP contribution in [0.25, 0.3) is 11.5 Å². The van der Waals surface area contributed by atoms with Crippen molar-refractivity contribution in [3.8, 4) is 23.0 Å². The third-order valence-electron chi connectivity index (χ3n) is 5.28. The van der Waals surface area contributed by atoms with E-state index in [-0.39, 0.29) is 24.2 Å². The summed E-state index contributed by atoms with van der Waals surface area (Å²) in [5.74, 6) is -0.440. The van der Waals surface area contributed by atoms with E-state index in [0.29, 0.717) is 41.9 Å². The third-order valence-corrected chi connectivity index (χ3v) is 5.28.